The van der Waals surface area contributed by atoms with Gasteiger partial charge in [-0.2, -0.15) is 0 Å². The number of hydrogen-bond donors (Lipinski definition) is 1. The summed E-state index contributed by atoms with van der Waals surface area (Å²) in [4.78, 5) is 24.2. The highest BCUT2D eigenvalue weighted by Crippen LogP contribution is 2.71. The van der Waals surface area contributed by atoms with E-state index >= 15 is 0 Å². The Balaban J connectivity index is 1.49. The zero-order valence-electron chi connectivity index (χ0n) is 16.0. The van der Waals surface area contributed by atoms with E-state index < -0.39 is 5.60 Å². The SMILES string of the molecule is CC(=O)OC1CCC2(C)C3CCC4(C)C(=O)C5CC5C4C3C=CC2(O)C1. The van der Waals surface area contributed by atoms with Crippen molar-refractivity contribution in [2.24, 2.45) is 40.4 Å². The number of aliphatic hydroxyl groups is 1. The number of allylic oxidation sites excluding steroid dienone is 1. The number of carbonyl (C=O) groups is 2. The maximum Gasteiger partial charge on any atom is 0.302 e. The molecule has 0 amide bonds. The van der Waals surface area contributed by atoms with Crippen LogP contribution in [-0.4, -0.2) is 28.6 Å². The molecule has 4 nitrogen and oxygen atoms in total. The molecule has 0 aromatic rings. The Morgan fingerprint density at radius 1 is 1.27 bits per heavy atom. The number of Topliss-reactive ketones (excluding diaryl/α,β-unsaturated/α-hetero) is 1. The van der Waals surface area contributed by atoms with E-state index in [1.807, 2.05) is 6.08 Å². The largest absolute Gasteiger partial charge is 0.462 e. The first kappa shape index (κ1) is 17.0. The molecule has 0 radical (unpaired) electrons. The van der Waals surface area contributed by atoms with Gasteiger partial charge < -0.3 is 9.84 Å². The van der Waals surface area contributed by atoms with Crippen LogP contribution < -0.4 is 0 Å². The van der Waals surface area contributed by atoms with E-state index in [2.05, 4.69) is 19.9 Å². The van der Waals surface area contributed by atoms with Crippen LogP contribution in [-0.2, 0) is 14.3 Å². The average molecular weight is 358 g/mol. The van der Waals surface area contributed by atoms with Crippen molar-refractivity contribution in [3.8, 4) is 0 Å². The molecule has 0 aromatic heterocycles. The molecule has 0 aliphatic heterocycles. The van der Waals surface area contributed by atoms with E-state index in [1.54, 1.807) is 0 Å². The summed E-state index contributed by atoms with van der Waals surface area (Å²) in [6.07, 6.45) is 9.32. The van der Waals surface area contributed by atoms with Crippen LogP contribution in [0, 0.1) is 40.4 Å². The molecule has 4 heteroatoms. The fourth-order valence-electron chi connectivity index (χ4n) is 7.60. The van der Waals surface area contributed by atoms with Gasteiger partial charge in [0.1, 0.15) is 11.9 Å². The summed E-state index contributed by atoms with van der Waals surface area (Å²) in [5, 5.41) is 11.6. The highest BCUT2D eigenvalue weighted by Gasteiger charge is 2.71. The molecule has 142 valence electrons. The molecule has 9 unspecified atom stereocenters. The quantitative estimate of drug-likeness (QED) is 0.577. The number of esters is 1. The van der Waals surface area contributed by atoms with E-state index in [-0.39, 0.29) is 22.9 Å². The summed E-state index contributed by atoms with van der Waals surface area (Å²) < 4.78 is 5.43. The van der Waals surface area contributed by atoms with Gasteiger partial charge in [0.25, 0.3) is 0 Å². The molecule has 0 aromatic carbocycles. The maximum absolute atomic E-state index is 12.8. The fraction of sp³-hybridized carbons (Fsp3) is 0.818. The summed E-state index contributed by atoms with van der Waals surface area (Å²) >= 11 is 0. The second kappa shape index (κ2) is 5.01. The third-order valence-electron chi connectivity index (χ3n) is 9.05. The molecule has 0 heterocycles. The number of ether oxygens (including phenoxy) is 1. The smallest absolute Gasteiger partial charge is 0.302 e. The van der Waals surface area contributed by atoms with Crippen LogP contribution >= 0.6 is 0 Å². The van der Waals surface area contributed by atoms with Crippen LogP contribution in [0.4, 0.5) is 0 Å². The van der Waals surface area contributed by atoms with Crippen molar-refractivity contribution in [2.45, 2.75) is 71.0 Å². The van der Waals surface area contributed by atoms with Crippen LogP contribution in [0.2, 0.25) is 0 Å². The molecule has 5 rings (SSSR count). The Bertz CT molecular complexity index is 713. The first-order valence-electron chi connectivity index (χ1n) is 10.3. The Hall–Kier alpha value is -1.16. The summed E-state index contributed by atoms with van der Waals surface area (Å²) in [5.74, 6) is 2.44. The van der Waals surface area contributed by atoms with Crippen molar-refractivity contribution >= 4 is 11.8 Å². The average Bonchev–Trinajstić information content (AvgIpc) is 3.30. The summed E-state index contributed by atoms with van der Waals surface area (Å²) in [5.41, 5.74) is -1.24. The topological polar surface area (TPSA) is 63.6 Å². The number of carbonyl (C=O) groups excluding carboxylic acids is 2. The van der Waals surface area contributed by atoms with Crippen LogP contribution in [0.5, 0.6) is 0 Å². The lowest BCUT2D eigenvalue weighted by Gasteiger charge is -2.61. The van der Waals surface area contributed by atoms with Crippen LogP contribution in [0.1, 0.15) is 59.3 Å². The zero-order valence-corrected chi connectivity index (χ0v) is 16.0. The third kappa shape index (κ3) is 1.95. The van der Waals surface area contributed by atoms with Crippen LogP contribution in [0.25, 0.3) is 0 Å². The summed E-state index contributed by atoms with van der Waals surface area (Å²) in [7, 11) is 0. The Labute approximate surface area is 155 Å². The minimum Gasteiger partial charge on any atom is -0.462 e. The molecule has 5 aliphatic carbocycles. The number of ketones is 1. The van der Waals surface area contributed by atoms with Crippen molar-refractivity contribution in [3.63, 3.8) is 0 Å². The van der Waals surface area contributed by atoms with Gasteiger partial charge in [0.2, 0.25) is 0 Å². The molecule has 26 heavy (non-hydrogen) atoms. The predicted octanol–water partition coefficient (Wildman–Crippen LogP) is 3.28. The first-order chi connectivity index (χ1) is 12.2. The van der Waals surface area contributed by atoms with Crippen molar-refractivity contribution in [1.29, 1.82) is 0 Å². The van der Waals surface area contributed by atoms with Gasteiger partial charge in [-0.05, 0) is 55.8 Å². The lowest BCUT2D eigenvalue weighted by molar-refractivity contribution is -0.181. The monoisotopic (exact) mass is 358 g/mol. The predicted molar refractivity (Wildman–Crippen MR) is 96.0 cm³/mol. The Kier molecular flexibility index (Phi) is 3.27. The lowest BCUT2D eigenvalue weighted by Crippen LogP contribution is -2.61. The van der Waals surface area contributed by atoms with Gasteiger partial charge in [-0.15, -0.1) is 0 Å². The molecular formula is C22H30O4. The van der Waals surface area contributed by atoms with Gasteiger partial charge in [-0.25, -0.2) is 0 Å². The lowest BCUT2D eigenvalue weighted by atomic mass is 9.45. The minimum atomic E-state index is -0.911. The van der Waals surface area contributed by atoms with Crippen LogP contribution in [0.3, 0.4) is 0 Å². The van der Waals surface area contributed by atoms with Gasteiger partial charge >= 0.3 is 5.97 Å². The highest BCUT2D eigenvalue weighted by atomic mass is 16.5. The molecule has 4 fully saturated rings. The maximum atomic E-state index is 12.8. The van der Waals surface area contributed by atoms with Gasteiger partial charge in [0, 0.05) is 30.1 Å². The molecule has 0 saturated heterocycles. The molecule has 9 atom stereocenters. The van der Waals surface area contributed by atoms with Crippen molar-refractivity contribution in [1.82, 2.24) is 0 Å². The molecule has 5 aliphatic rings. The fourth-order valence-corrected chi connectivity index (χ4v) is 7.60. The number of rotatable bonds is 1. The molecule has 1 N–H and O–H groups in total. The standard InChI is InChI=1S/C22H30O4/c1-12(23)26-13-4-8-21(3)17-6-7-20(2)18(15-10-16(15)19(20)24)14(17)5-9-22(21,25)11-13/h5,9,13-18,25H,4,6-8,10-11H2,1-3H3. The van der Waals surface area contributed by atoms with Gasteiger partial charge in [-0.1, -0.05) is 26.0 Å². The van der Waals surface area contributed by atoms with E-state index in [0.717, 1.165) is 32.1 Å². The Morgan fingerprint density at radius 2 is 2.04 bits per heavy atom. The highest BCUT2D eigenvalue weighted by molar-refractivity contribution is 5.92. The molecule has 0 bridgehead atoms. The Morgan fingerprint density at radius 3 is 2.77 bits per heavy atom. The van der Waals surface area contributed by atoms with Gasteiger partial charge in [0.15, 0.2) is 0 Å². The molecule has 4 saturated carbocycles. The normalized spacial score (nSPS) is 56.8. The van der Waals surface area contributed by atoms with Crippen molar-refractivity contribution in [2.75, 3.05) is 0 Å². The van der Waals surface area contributed by atoms with Crippen molar-refractivity contribution < 1.29 is 19.4 Å². The van der Waals surface area contributed by atoms with Crippen LogP contribution in [0.15, 0.2) is 12.2 Å². The molecule has 0 spiro atoms. The third-order valence-corrected chi connectivity index (χ3v) is 9.05. The summed E-state index contributed by atoms with van der Waals surface area (Å²) in [6.45, 7) is 5.88. The van der Waals surface area contributed by atoms with E-state index in [1.165, 1.54) is 6.92 Å². The van der Waals surface area contributed by atoms with E-state index in [4.69, 9.17) is 4.74 Å². The number of hydrogen-bond acceptors (Lipinski definition) is 4. The summed E-state index contributed by atoms with van der Waals surface area (Å²) in [6, 6.07) is 0. The second-order valence-corrected chi connectivity index (χ2v) is 10.2. The van der Waals surface area contributed by atoms with Gasteiger partial charge in [-0.3, -0.25) is 9.59 Å². The first-order valence-corrected chi connectivity index (χ1v) is 10.3. The minimum absolute atomic E-state index is 0.139. The second-order valence-electron chi connectivity index (χ2n) is 10.2. The van der Waals surface area contributed by atoms with Gasteiger partial charge in [0.05, 0.1) is 5.60 Å². The zero-order chi connectivity index (χ0) is 18.5. The van der Waals surface area contributed by atoms with E-state index in [0.29, 0.717) is 41.8 Å². The van der Waals surface area contributed by atoms with E-state index in [9.17, 15) is 14.7 Å². The number of fused-ring (bicyclic) bond motifs is 7. The van der Waals surface area contributed by atoms with Crippen molar-refractivity contribution in [3.05, 3.63) is 12.2 Å². The molecular weight excluding hydrogens is 328 g/mol.